The standard InChI is InChI=1S/C9H11NOS/c1-7(2)10-5-3-4-8(6-11)9(10)12/h3-7H,1-2H3. The third-order valence-electron chi connectivity index (χ3n) is 1.69. The molecule has 0 unspecified atom stereocenters. The highest BCUT2D eigenvalue weighted by Gasteiger charge is 2.00. The second kappa shape index (κ2) is 3.63. The first-order valence-electron chi connectivity index (χ1n) is 3.83. The number of aldehydes is 1. The molecule has 0 atom stereocenters. The first kappa shape index (κ1) is 9.13. The van der Waals surface area contributed by atoms with Gasteiger partial charge >= 0.3 is 0 Å². The van der Waals surface area contributed by atoms with Crippen molar-refractivity contribution in [3.63, 3.8) is 0 Å². The summed E-state index contributed by atoms with van der Waals surface area (Å²) in [5.74, 6) is 0. The first-order chi connectivity index (χ1) is 5.66. The molecule has 1 heterocycles. The fraction of sp³-hybridized carbons (Fsp3) is 0.333. The van der Waals surface area contributed by atoms with Gasteiger partial charge in [-0.2, -0.15) is 0 Å². The molecule has 0 aliphatic carbocycles. The van der Waals surface area contributed by atoms with E-state index in [0.29, 0.717) is 16.2 Å². The average Bonchev–Trinajstić information content (AvgIpc) is 2.04. The fourth-order valence-electron chi connectivity index (χ4n) is 1.02. The number of nitrogens with zero attached hydrogens (tertiary/aromatic N) is 1. The van der Waals surface area contributed by atoms with E-state index in [9.17, 15) is 4.79 Å². The summed E-state index contributed by atoms with van der Waals surface area (Å²) in [5, 5.41) is 0. The molecule has 12 heavy (non-hydrogen) atoms. The third-order valence-corrected chi connectivity index (χ3v) is 2.13. The van der Waals surface area contributed by atoms with Crippen molar-refractivity contribution in [1.82, 2.24) is 4.57 Å². The Labute approximate surface area is 76.8 Å². The van der Waals surface area contributed by atoms with Gasteiger partial charge in [0.05, 0.1) is 0 Å². The zero-order chi connectivity index (χ0) is 9.14. The maximum atomic E-state index is 10.5. The minimum atomic E-state index is 0.303. The van der Waals surface area contributed by atoms with Crippen molar-refractivity contribution in [3.05, 3.63) is 28.5 Å². The summed E-state index contributed by atoms with van der Waals surface area (Å²) in [7, 11) is 0. The number of hydrogen-bond donors (Lipinski definition) is 0. The molecule has 0 amide bonds. The SMILES string of the molecule is CC(C)n1cccc(C=O)c1=S. The van der Waals surface area contributed by atoms with Crippen molar-refractivity contribution < 1.29 is 4.79 Å². The molecule has 0 fully saturated rings. The van der Waals surface area contributed by atoms with E-state index in [2.05, 4.69) is 0 Å². The highest BCUT2D eigenvalue weighted by molar-refractivity contribution is 7.71. The van der Waals surface area contributed by atoms with Crippen LogP contribution in [0.5, 0.6) is 0 Å². The van der Waals surface area contributed by atoms with Gasteiger partial charge in [0.2, 0.25) is 0 Å². The van der Waals surface area contributed by atoms with Crippen LogP contribution in [0.2, 0.25) is 0 Å². The minimum Gasteiger partial charge on any atom is -0.336 e. The predicted octanol–water partition coefficient (Wildman–Crippen LogP) is 2.61. The maximum Gasteiger partial charge on any atom is 0.153 e. The van der Waals surface area contributed by atoms with Crippen molar-refractivity contribution in [3.8, 4) is 0 Å². The molecule has 0 radical (unpaired) electrons. The van der Waals surface area contributed by atoms with E-state index in [0.717, 1.165) is 6.29 Å². The number of carbonyl (C=O) groups excluding carboxylic acids is 1. The molecule has 1 aromatic heterocycles. The fourth-order valence-corrected chi connectivity index (χ4v) is 1.41. The summed E-state index contributed by atoms with van der Waals surface area (Å²) < 4.78 is 2.52. The number of carbonyl (C=O) groups is 1. The van der Waals surface area contributed by atoms with Gasteiger partial charge in [0.1, 0.15) is 4.64 Å². The number of rotatable bonds is 2. The van der Waals surface area contributed by atoms with Crippen LogP contribution in [0.3, 0.4) is 0 Å². The zero-order valence-corrected chi connectivity index (χ0v) is 7.97. The average molecular weight is 181 g/mol. The summed E-state index contributed by atoms with van der Waals surface area (Å²) in [4.78, 5) is 10.5. The van der Waals surface area contributed by atoms with Gasteiger partial charge in [-0.1, -0.05) is 12.2 Å². The Bertz CT molecular complexity index is 341. The normalized spacial score (nSPS) is 10.2. The van der Waals surface area contributed by atoms with Crippen LogP contribution in [0.4, 0.5) is 0 Å². The number of hydrogen-bond acceptors (Lipinski definition) is 2. The van der Waals surface area contributed by atoms with E-state index in [1.165, 1.54) is 0 Å². The second-order valence-electron chi connectivity index (χ2n) is 2.89. The molecule has 64 valence electrons. The topological polar surface area (TPSA) is 22.0 Å². The van der Waals surface area contributed by atoms with Crippen LogP contribution in [0.25, 0.3) is 0 Å². The van der Waals surface area contributed by atoms with Crippen LogP contribution in [0.15, 0.2) is 18.3 Å². The van der Waals surface area contributed by atoms with Crippen LogP contribution < -0.4 is 0 Å². The molecule has 3 heteroatoms. The predicted molar refractivity (Wildman–Crippen MR) is 51.0 cm³/mol. The van der Waals surface area contributed by atoms with E-state index in [1.54, 1.807) is 6.07 Å². The van der Waals surface area contributed by atoms with E-state index >= 15 is 0 Å². The molecule has 1 aromatic rings. The first-order valence-corrected chi connectivity index (χ1v) is 4.24. The van der Waals surface area contributed by atoms with Gasteiger partial charge < -0.3 is 4.57 Å². The molecular formula is C9H11NOS. The van der Waals surface area contributed by atoms with Crippen LogP contribution in [0.1, 0.15) is 30.2 Å². The Balaban J connectivity index is 3.33. The van der Waals surface area contributed by atoms with Gasteiger partial charge in [0, 0.05) is 17.8 Å². The summed E-state index contributed by atoms with van der Waals surface area (Å²) in [6, 6.07) is 3.87. The highest BCUT2D eigenvalue weighted by Crippen LogP contribution is 2.07. The summed E-state index contributed by atoms with van der Waals surface area (Å²) >= 11 is 5.10. The van der Waals surface area contributed by atoms with Crippen LogP contribution >= 0.6 is 12.2 Å². The van der Waals surface area contributed by atoms with Gasteiger partial charge in [0.15, 0.2) is 6.29 Å². The van der Waals surface area contributed by atoms with Crippen molar-refractivity contribution in [2.45, 2.75) is 19.9 Å². The largest absolute Gasteiger partial charge is 0.336 e. The lowest BCUT2D eigenvalue weighted by Gasteiger charge is -2.10. The lowest BCUT2D eigenvalue weighted by atomic mass is 10.3. The van der Waals surface area contributed by atoms with Crippen LogP contribution in [0, 0.1) is 4.64 Å². The highest BCUT2D eigenvalue weighted by atomic mass is 32.1. The molecule has 0 aromatic carbocycles. The van der Waals surface area contributed by atoms with E-state index in [1.807, 2.05) is 30.7 Å². The molecule has 1 rings (SSSR count). The Kier molecular flexibility index (Phi) is 2.76. The van der Waals surface area contributed by atoms with Crippen LogP contribution in [-0.2, 0) is 0 Å². The molecule has 0 saturated carbocycles. The van der Waals surface area contributed by atoms with Gasteiger partial charge in [-0.05, 0) is 26.0 Å². The lowest BCUT2D eigenvalue weighted by Crippen LogP contribution is -2.04. The van der Waals surface area contributed by atoms with E-state index in [4.69, 9.17) is 12.2 Å². The molecule has 0 N–H and O–H groups in total. The van der Waals surface area contributed by atoms with Crippen LogP contribution in [-0.4, -0.2) is 10.9 Å². The molecular weight excluding hydrogens is 170 g/mol. The van der Waals surface area contributed by atoms with Crippen molar-refractivity contribution in [2.24, 2.45) is 0 Å². The quantitative estimate of drug-likeness (QED) is 0.517. The van der Waals surface area contributed by atoms with Crippen molar-refractivity contribution >= 4 is 18.5 Å². The lowest BCUT2D eigenvalue weighted by molar-refractivity contribution is 0.112. The minimum absolute atomic E-state index is 0.303. The molecule has 0 aliphatic rings. The Morgan fingerprint density at radius 1 is 1.58 bits per heavy atom. The van der Waals surface area contributed by atoms with Crippen molar-refractivity contribution in [1.29, 1.82) is 0 Å². The Hall–Kier alpha value is -0.960. The van der Waals surface area contributed by atoms with Gasteiger partial charge in [0.25, 0.3) is 0 Å². The molecule has 2 nitrogen and oxygen atoms in total. The van der Waals surface area contributed by atoms with Gasteiger partial charge in [-0.15, -0.1) is 0 Å². The summed E-state index contributed by atoms with van der Waals surface area (Å²) in [6.45, 7) is 4.06. The number of pyridine rings is 1. The van der Waals surface area contributed by atoms with Gasteiger partial charge in [-0.3, -0.25) is 4.79 Å². The molecule has 0 bridgehead atoms. The summed E-state index contributed by atoms with van der Waals surface area (Å²) in [5.41, 5.74) is 0.584. The molecule has 0 aliphatic heterocycles. The molecule has 0 spiro atoms. The van der Waals surface area contributed by atoms with Crippen molar-refractivity contribution in [2.75, 3.05) is 0 Å². The van der Waals surface area contributed by atoms with E-state index in [-0.39, 0.29) is 0 Å². The Morgan fingerprint density at radius 3 is 2.75 bits per heavy atom. The second-order valence-corrected chi connectivity index (χ2v) is 3.27. The molecule has 0 saturated heterocycles. The zero-order valence-electron chi connectivity index (χ0n) is 7.15. The monoisotopic (exact) mass is 181 g/mol. The smallest absolute Gasteiger partial charge is 0.153 e. The third kappa shape index (κ3) is 1.61. The number of aromatic nitrogens is 1. The summed E-state index contributed by atoms with van der Waals surface area (Å²) in [6.07, 6.45) is 2.68. The Morgan fingerprint density at radius 2 is 2.25 bits per heavy atom. The van der Waals surface area contributed by atoms with E-state index < -0.39 is 0 Å². The van der Waals surface area contributed by atoms with Gasteiger partial charge in [-0.25, -0.2) is 0 Å². The maximum absolute atomic E-state index is 10.5.